The molecule has 0 amide bonds. The molecule has 0 saturated heterocycles. The van der Waals surface area contributed by atoms with Gasteiger partial charge in [0, 0.05) is 18.2 Å². The number of aromatic amines is 1. The summed E-state index contributed by atoms with van der Waals surface area (Å²) in [5, 5.41) is 1.01. The van der Waals surface area contributed by atoms with Crippen LogP contribution in [-0.2, 0) is 6.42 Å². The van der Waals surface area contributed by atoms with Crippen LogP contribution in [0.4, 0.5) is 0 Å². The van der Waals surface area contributed by atoms with E-state index in [-0.39, 0.29) is 5.56 Å². The molecule has 2 rings (SSSR count). The minimum absolute atomic E-state index is 0.146. The van der Waals surface area contributed by atoms with E-state index in [9.17, 15) is 4.79 Å². The highest BCUT2D eigenvalue weighted by molar-refractivity contribution is 6.42. The van der Waals surface area contributed by atoms with E-state index >= 15 is 0 Å². The van der Waals surface area contributed by atoms with Crippen molar-refractivity contribution in [3.8, 4) is 0 Å². The van der Waals surface area contributed by atoms with Gasteiger partial charge in [-0.3, -0.25) is 4.79 Å². The average Bonchev–Trinajstić information content (AvgIpc) is 2.22. The highest BCUT2D eigenvalue weighted by Gasteiger charge is 2.03. The van der Waals surface area contributed by atoms with Gasteiger partial charge in [-0.25, -0.2) is 4.98 Å². The second-order valence-corrected chi connectivity index (χ2v) is 4.57. The molecule has 17 heavy (non-hydrogen) atoms. The van der Waals surface area contributed by atoms with Crippen LogP contribution in [0.5, 0.6) is 0 Å². The molecule has 1 aromatic heterocycles. The first-order chi connectivity index (χ1) is 8.04. The summed E-state index contributed by atoms with van der Waals surface area (Å²) in [5.41, 5.74) is 1.50. The fourth-order valence-corrected chi connectivity index (χ4v) is 1.89. The summed E-state index contributed by atoms with van der Waals surface area (Å²) in [7, 11) is 0. The second kappa shape index (κ2) is 4.90. The van der Waals surface area contributed by atoms with Crippen molar-refractivity contribution in [2.45, 2.75) is 13.3 Å². The predicted octanol–water partition coefficient (Wildman–Crippen LogP) is 2.98. The number of benzene rings is 1. The van der Waals surface area contributed by atoms with Gasteiger partial charge in [0.25, 0.3) is 5.56 Å². The molecule has 0 atom stereocenters. The van der Waals surface area contributed by atoms with E-state index in [4.69, 9.17) is 23.2 Å². The molecule has 0 saturated carbocycles. The minimum Gasteiger partial charge on any atom is -0.310 e. The van der Waals surface area contributed by atoms with Gasteiger partial charge in [0.1, 0.15) is 5.82 Å². The smallest absolute Gasteiger partial charge is 0.251 e. The van der Waals surface area contributed by atoms with Gasteiger partial charge in [-0.15, -0.1) is 0 Å². The van der Waals surface area contributed by atoms with Gasteiger partial charge in [-0.1, -0.05) is 29.3 Å². The van der Waals surface area contributed by atoms with Crippen molar-refractivity contribution in [2.24, 2.45) is 0 Å². The number of aryl methyl sites for hydroxylation is 1. The number of aromatic nitrogens is 2. The summed E-state index contributed by atoms with van der Waals surface area (Å²) in [4.78, 5) is 18.2. The Balaban J connectivity index is 2.31. The van der Waals surface area contributed by atoms with E-state index in [1.54, 1.807) is 19.1 Å². The van der Waals surface area contributed by atoms with Gasteiger partial charge in [0.15, 0.2) is 0 Å². The van der Waals surface area contributed by atoms with Crippen molar-refractivity contribution < 1.29 is 0 Å². The Kier molecular flexibility index (Phi) is 3.50. The third-order valence-corrected chi connectivity index (χ3v) is 3.01. The van der Waals surface area contributed by atoms with Crippen LogP contribution in [0.15, 0.2) is 29.1 Å². The normalized spacial score (nSPS) is 10.5. The molecule has 5 heteroatoms. The lowest BCUT2D eigenvalue weighted by Gasteiger charge is -2.03. The fraction of sp³-hybridized carbons (Fsp3) is 0.167. The Morgan fingerprint density at radius 1 is 1.24 bits per heavy atom. The molecular formula is C12H10Cl2N2O. The summed E-state index contributed by atoms with van der Waals surface area (Å²) in [5.74, 6) is 0.619. The summed E-state index contributed by atoms with van der Waals surface area (Å²) in [6, 6.07) is 6.81. The van der Waals surface area contributed by atoms with E-state index in [1.165, 1.54) is 6.07 Å². The molecule has 1 aromatic carbocycles. The van der Waals surface area contributed by atoms with Crippen molar-refractivity contribution in [3.63, 3.8) is 0 Å². The Bertz CT molecular complexity index is 608. The molecule has 0 aliphatic carbocycles. The van der Waals surface area contributed by atoms with Crippen LogP contribution >= 0.6 is 23.2 Å². The maximum absolute atomic E-state index is 11.3. The van der Waals surface area contributed by atoms with Crippen LogP contribution in [0.25, 0.3) is 0 Å². The van der Waals surface area contributed by atoms with Gasteiger partial charge in [-0.05, 0) is 24.6 Å². The molecule has 88 valence electrons. The average molecular weight is 269 g/mol. The van der Waals surface area contributed by atoms with Gasteiger partial charge >= 0.3 is 0 Å². The van der Waals surface area contributed by atoms with Crippen molar-refractivity contribution in [3.05, 3.63) is 61.7 Å². The second-order valence-electron chi connectivity index (χ2n) is 3.76. The zero-order chi connectivity index (χ0) is 12.4. The first kappa shape index (κ1) is 12.1. The van der Waals surface area contributed by atoms with Crippen molar-refractivity contribution in [1.29, 1.82) is 0 Å². The molecule has 0 fully saturated rings. The standard InChI is InChI=1S/C12H10Cl2N2O/c1-7-4-12(17)16-11(15-7)6-8-2-3-9(13)10(14)5-8/h2-5H,6H2,1H3,(H,15,16,17). The number of nitrogens with zero attached hydrogens (tertiary/aromatic N) is 1. The van der Waals surface area contributed by atoms with E-state index in [0.717, 1.165) is 5.56 Å². The number of nitrogens with one attached hydrogen (secondary N) is 1. The third kappa shape index (κ3) is 3.08. The quantitative estimate of drug-likeness (QED) is 0.910. The van der Waals surface area contributed by atoms with Crippen LogP contribution < -0.4 is 5.56 Å². The number of H-pyrrole nitrogens is 1. The summed E-state index contributed by atoms with van der Waals surface area (Å²) >= 11 is 11.7. The lowest BCUT2D eigenvalue weighted by Crippen LogP contribution is -2.11. The number of hydrogen-bond acceptors (Lipinski definition) is 2. The van der Waals surface area contributed by atoms with Crippen molar-refractivity contribution in [1.82, 2.24) is 9.97 Å². The Morgan fingerprint density at radius 2 is 2.00 bits per heavy atom. The van der Waals surface area contributed by atoms with Gasteiger partial charge in [0.05, 0.1) is 10.0 Å². The van der Waals surface area contributed by atoms with E-state index in [1.807, 2.05) is 6.07 Å². The van der Waals surface area contributed by atoms with E-state index < -0.39 is 0 Å². The van der Waals surface area contributed by atoms with E-state index in [2.05, 4.69) is 9.97 Å². The molecule has 3 nitrogen and oxygen atoms in total. The largest absolute Gasteiger partial charge is 0.310 e. The van der Waals surface area contributed by atoms with E-state index in [0.29, 0.717) is 28.0 Å². The predicted molar refractivity (Wildman–Crippen MR) is 68.9 cm³/mol. The Hall–Kier alpha value is -1.32. The Morgan fingerprint density at radius 3 is 2.65 bits per heavy atom. The van der Waals surface area contributed by atoms with Gasteiger partial charge in [-0.2, -0.15) is 0 Å². The Labute approximate surface area is 108 Å². The molecule has 1 heterocycles. The molecule has 1 N–H and O–H groups in total. The molecule has 0 radical (unpaired) electrons. The van der Waals surface area contributed by atoms with Crippen LogP contribution in [0.1, 0.15) is 17.1 Å². The minimum atomic E-state index is -0.146. The summed E-state index contributed by atoms with van der Waals surface area (Å²) < 4.78 is 0. The molecule has 0 aliphatic heterocycles. The molecule has 0 spiro atoms. The third-order valence-electron chi connectivity index (χ3n) is 2.27. The lowest BCUT2D eigenvalue weighted by atomic mass is 10.1. The first-order valence-electron chi connectivity index (χ1n) is 5.05. The molecule has 2 aromatic rings. The van der Waals surface area contributed by atoms with Crippen LogP contribution in [0, 0.1) is 6.92 Å². The summed E-state index contributed by atoms with van der Waals surface area (Å²) in [6.45, 7) is 1.79. The zero-order valence-electron chi connectivity index (χ0n) is 9.13. The van der Waals surface area contributed by atoms with Crippen molar-refractivity contribution in [2.75, 3.05) is 0 Å². The van der Waals surface area contributed by atoms with Crippen molar-refractivity contribution >= 4 is 23.2 Å². The topological polar surface area (TPSA) is 45.8 Å². The molecule has 0 aliphatic rings. The highest BCUT2D eigenvalue weighted by Crippen LogP contribution is 2.23. The van der Waals surface area contributed by atoms with Gasteiger partial charge < -0.3 is 4.98 Å². The van der Waals surface area contributed by atoms with Crippen LogP contribution in [0.3, 0.4) is 0 Å². The zero-order valence-corrected chi connectivity index (χ0v) is 10.6. The molecule has 0 unspecified atom stereocenters. The number of hydrogen-bond donors (Lipinski definition) is 1. The van der Waals surface area contributed by atoms with Crippen LogP contribution in [0.2, 0.25) is 10.0 Å². The highest BCUT2D eigenvalue weighted by atomic mass is 35.5. The molecule has 0 bridgehead atoms. The number of rotatable bonds is 2. The van der Waals surface area contributed by atoms with Gasteiger partial charge in [0.2, 0.25) is 0 Å². The monoisotopic (exact) mass is 268 g/mol. The molecular weight excluding hydrogens is 259 g/mol. The lowest BCUT2D eigenvalue weighted by molar-refractivity contribution is 0.921. The fourth-order valence-electron chi connectivity index (χ4n) is 1.57. The maximum atomic E-state index is 11.3. The summed E-state index contributed by atoms with van der Waals surface area (Å²) in [6.07, 6.45) is 0.522. The SMILES string of the molecule is Cc1cc(=O)[nH]c(Cc2ccc(Cl)c(Cl)c2)n1. The first-order valence-corrected chi connectivity index (χ1v) is 5.81. The maximum Gasteiger partial charge on any atom is 0.251 e. The van der Waals surface area contributed by atoms with Crippen LogP contribution in [-0.4, -0.2) is 9.97 Å². The number of halogens is 2.